The number of nitrogens with zero attached hydrogens (tertiary/aromatic N) is 1. The van der Waals surface area contributed by atoms with Crippen LogP contribution in [0.3, 0.4) is 0 Å². The first-order chi connectivity index (χ1) is 6.73. The van der Waals surface area contributed by atoms with E-state index in [1.165, 1.54) is 0 Å². The molecule has 1 aliphatic heterocycles. The molecule has 3 heteroatoms. The molecule has 78 valence electrons. The zero-order chi connectivity index (χ0) is 10.4. The first-order valence-corrected chi connectivity index (χ1v) is 5.00. The molecule has 0 aromatic carbocycles. The van der Waals surface area contributed by atoms with Gasteiger partial charge in [0.2, 0.25) is 12.1 Å². The highest BCUT2D eigenvalue weighted by Crippen LogP contribution is 2.20. The molecule has 1 rings (SSSR count). The van der Waals surface area contributed by atoms with Gasteiger partial charge in [-0.25, -0.2) is 4.58 Å². The van der Waals surface area contributed by atoms with Crippen LogP contribution < -0.4 is 5.32 Å². The summed E-state index contributed by atoms with van der Waals surface area (Å²) in [6.07, 6.45) is 7.54. The highest BCUT2D eigenvalue weighted by molar-refractivity contribution is 5.49. The Labute approximate surface area is 85.5 Å². The van der Waals surface area contributed by atoms with Crippen molar-refractivity contribution in [3.05, 3.63) is 25.3 Å². The number of hydrogen-bond donors (Lipinski definition) is 2. The van der Waals surface area contributed by atoms with Crippen LogP contribution in [0, 0.1) is 0 Å². The maximum atomic E-state index is 10.4. The predicted octanol–water partition coefficient (Wildman–Crippen LogP) is 0.861. The second-order valence-corrected chi connectivity index (χ2v) is 3.58. The first-order valence-electron chi connectivity index (χ1n) is 5.00. The lowest BCUT2D eigenvalue weighted by Gasteiger charge is -2.25. The van der Waals surface area contributed by atoms with Gasteiger partial charge in [-0.1, -0.05) is 12.2 Å². The molecular formula is C11H19N2O+. The quantitative estimate of drug-likeness (QED) is 0.487. The molecular weight excluding hydrogens is 176 g/mol. The number of nitrogens with one attached hydrogen (secondary N) is 1. The molecule has 0 spiro atoms. The molecule has 0 amide bonds. The molecule has 0 fully saturated rings. The molecule has 0 aromatic heterocycles. The third-order valence-corrected chi connectivity index (χ3v) is 2.50. The van der Waals surface area contributed by atoms with E-state index in [2.05, 4.69) is 18.5 Å². The Morgan fingerprint density at radius 1 is 1.50 bits per heavy atom. The molecule has 0 aliphatic carbocycles. The lowest BCUT2D eigenvalue weighted by atomic mass is 10.0. The summed E-state index contributed by atoms with van der Waals surface area (Å²) < 4.78 is 1.94. The second kappa shape index (κ2) is 4.96. The van der Waals surface area contributed by atoms with E-state index < -0.39 is 5.72 Å². The van der Waals surface area contributed by atoms with Crippen molar-refractivity contribution in [1.29, 1.82) is 0 Å². The average Bonchev–Trinajstić information content (AvgIpc) is 2.68. The van der Waals surface area contributed by atoms with Gasteiger partial charge in [0.1, 0.15) is 13.1 Å². The van der Waals surface area contributed by atoms with E-state index in [9.17, 15) is 5.11 Å². The minimum Gasteiger partial charge on any atom is -0.353 e. The Hall–Kier alpha value is -1.09. The summed E-state index contributed by atoms with van der Waals surface area (Å²) in [7, 11) is 0. The average molecular weight is 195 g/mol. The van der Waals surface area contributed by atoms with Crippen molar-refractivity contribution in [3.63, 3.8) is 0 Å². The van der Waals surface area contributed by atoms with Crippen molar-refractivity contribution >= 4 is 6.34 Å². The van der Waals surface area contributed by atoms with E-state index in [1.807, 2.05) is 17.0 Å². The van der Waals surface area contributed by atoms with Gasteiger partial charge >= 0.3 is 0 Å². The lowest BCUT2D eigenvalue weighted by molar-refractivity contribution is -0.649. The van der Waals surface area contributed by atoms with E-state index in [1.54, 1.807) is 6.08 Å². The highest BCUT2D eigenvalue weighted by atomic mass is 16.3. The Bertz CT molecular complexity index is 248. The lowest BCUT2D eigenvalue weighted by Crippen LogP contribution is -2.41. The maximum absolute atomic E-state index is 10.4. The van der Waals surface area contributed by atoms with Gasteiger partial charge in [0.05, 0.1) is 0 Å². The monoisotopic (exact) mass is 195 g/mol. The van der Waals surface area contributed by atoms with Crippen molar-refractivity contribution in [2.75, 3.05) is 13.1 Å². The van der Waals surface area contributed by atoms with Crippen molar-refractivity contribution < 1.29 is 9.68 Å². The summed E-state index contributed by atoms with van der Waals surface area (Å²) in [6, 6.07) is 0. The van der Waals surface area contributed by atoms with E-state index in [-0.39, 0.29) is 0 Å². The molecule has 1 aliphatic rings. The molecule has 1 atom stereocenters. The number of hydrogen-bond acceptors (Lipinski definition) is 2. The van der Waals surface area contributed by atoms with E-state index in [0.717, 1.165) is 19.5 Å². The number of rotatable bonds is 6. The highest BCUT2D eigenvalue weighted by Gasteiger charge is 2.34. The molecule has 0 radical (unpaired) electrons. The van der Waals surface area contributed by atoms with E-state index in [4.69, 9.17) is 0 Å². The molecule has 0 bridgehead atoms. The van der Waals surface area contributed by atoms with Crippen molar-refractivity contribution in [2.45, 2.75) is 25.0 Å². The third kappa shape index (κ3) is 2.45. The van der Waals surface area contributed by atoms with Crippen LogP contribution >= 0.6 is 0 Å². The van der Waals surface area contributed by atoms with Crippen molar-refractivity contribution in [1.82, 2.24) is 5.32 Å². The molecule has 0 saturated carbocycles. The number of aliphatic hydroxyl groups is 1. The summed E-state index contributed by atoms with van der Waals surface area (Å²) in [6.45, 7) is 9.09. The standard InChI is InChI=1S/C11H18N2O/c1-3-5-7-11(14,6-4-2)13-9-8-12-10-13/h3-4,10,14H,1-2,5-9H2/p+1. The van der Waals surface area contributed by atoms with Crippen LogP contribution in [0.1, 0.15) is 19.3 Å². The Balaban J connectivity index is 2.68. The zero-order valence-electron chi connectivity index (χ0n) is 8.58. The fourth-order valence-corrected chi connectivity index (χ4v) is 1.68. The Morgan fingerprint density at radius 2 is 2.29 bits per heavy atom. The molecule has 14 heavy (non-hydrogen) atoms. The zero-order valence-corrected chi connectivity index (χ0v) is 8.58. The molecule has 2 N–H and O–H groups in total. The summed E-state index contributed by atoms with van der Waals surface area (Å²) in [4.78, 5) is 0. The van der Waals surface area contributed by atoms with Crippen molar-refractivity contribution in [3.8, 4) is 0 Å². The van der Waals surface area contributed by atoms with Gasteiger partial charge in [0.25, 0.3) is 0 Å². The Kier molecular flexibility index (Phi) is 3.89. The second-order valence-electron chi connectivity index (χ2n) is 3.58. The van der Waals surface area contributed by atoms with Gasteiger partial charge in [-0.2, -0.15) is 0 Å². The van der Waals surface area contributed by atoms with Gasteiger partial charge < -0.3 is 5.11 Å². The van der Waals surface area contributed by atoms with Crippen LogP contribution in [0.4, 0.5) is 0 Å². The van der Waals surface area contributed by atoms with Crippen LogP contribution in [0.5, 0.6) is 0 Å². The minimum absolute atomic E-state index is 0.582. The van der Waals surface area contributed by atoms with Gasteiger partial charge in [-0.05, 0) is 6.42 Å². The summed E-state index contributed by atoms with van der Waals surface area (Å²) >= 11 is 0. The molecule has 0 saturated heterocycles. The van der Waals surface area contributed by atoms with Crippen LogP contribution in [0.2, 0.25) is 0 Å². The largest absolute Gasteiger partial charge is 0.353 e. The van der Waals surface area contributed by atoms with Crippen LogP contribution in [0.25, 0.3) is 0 Å². The summed E-state index contributed by atoms with van der Waals surface area (Å²) in [5.41, 5.74) is -0.792. The smallest absolute Gasteiger partial charge is 0.234 e. The van der Waals surface area contributed by atoms with Gasteiger partial charge in [-0.15, -0.1) is 13.2 Å². The van der Waals surface area contributed by atoms with Gasteiger partial charge in [0, 0.05) is 12.8 Å². The topological polar surface area (TPSA) is 35.3 Å². The fourth-order valence-electron chi connectivity index (χ4n) is 1.68. The van der Waals surface area contributed by atoms with E-state index in [0.29, 0.717) is 12.8 Å². The first kappa shape index (κ1) is 11.0. The normalized spacial score (nSPS) is 19.4. The van der Waals surface area contributed by atoms with Gasteiger partial charge in [0.15, 0.2) is 0 Å². The minimum atomic E-state index is -0.792. The SMILES string of the molecule is C=CCCC(O)(CC=C)[N+]1=CNCC1. The summed E-state index contributed by atoms with van der Waals surface area (Å²) in [5.74, 6) is 0. The number of allylic oxidation sites excluding steroid dienone is 1. The maximum Gasteiger partial charge on any atom is 0.234 e. The summed E-state index contributed by atoms with van der Waals surface area (Å²) in [5, 5.41) is 13.5. The van der Waals surface area contributed by atoms with Gasteiger partial charge in [-0.3, -0.25) is 5.32 Å². The molecule has 3 nitrogen and oxygen atoms in total. The Morgan fingerprint density at radius 3 is 2.79 bits per heavy atom. The van der Waals surface area contributed by atoms with E-state index >= 15 is 0 Å². The van der Waals surface area contributed by atoms with Crippen LogP contribution in [0.15, 0.2) is 25.3 Å². The van der Waals surface area contributed by atoms with Crippen LogP contribution in [-0.2, 0) is 0 Å². The van der Waals surface area contributed by atoms with Crippen molar-refractivity contribution in [2.24, 2.45) is 0 Å². The van der Waals surface area contributed by atoms with Crippen LogP contribution in [-0.4, -0.2) is 34.8 Å². The molecule has 1 heterocycles. The molecule has 1 unspecified atom stereocenters. The molecule has 0 aromatic rings. The predicted molar refractivity (Wildman–Crippen MR) is 58.4 cm³/mol. The fraction of sp³-hybridized carbons (Fsp3) is 0.545. The third-order valence-electron chi connectivity index (χ3n) is 2.50.